The van der Waals surface area contributed by atoms with Crippen LogP contribution >= 0.6 is 0 Å². The number of carboxylic acids is 1. The highest BCUT2D eigenvalue weighted by Gasteiger charge is 2.43. The van der Waals surface area contributed by atoms with Gasteiger partial charge in [0.2, 0.25) is 0 Å². The maximum absolute atomic E-state index is 10.6. The molecule has 3 N–H and O–H groups in total. The van der Waals surface area contributed by atoms with Crippen molar-refractivity contribution in [1.29, 1.82) is 0 Å². The van der Waals surface area contributed by atoms with E-state index in [0.717, 1.165) is 39.0 Å². The number of hydrogen-bond donors (Lipinski definition) is 3. The van der Waals surface area contributed by atoms with Gasteiger partial charge in [0, 0.05) is 0 Å². The molecular weight excluding hydrogens is 255 g/mol. The van der Waals surface area contributed by atoms with Crippen LogP contribution < -0.4 is 5.32 Å². The fourth-order valence-electron chi connectivity index (χ4n) is 2.06. The maximum atomic E-state index is 10.6. The number of aliphatic carboxylic acids is 1. The zero-order chi connectivity index (χ0) is 13.8. The number of rotatable bonds is 0. The zero-order valence-corrected chi connectivity index (χ0v) is 9.66. The Bertz CT molecular complexity index is 289. The van der Waals surface area contributed by atoms with Crippen LogP contribution in [-0.2, 0) is 9.53 Å². The van der Waals surface area contributed by atoms with Gasteiger partial charge >= 0.3 is 12.1 Å². The number of piperidine rings is 1. The normalized spacial score (nSPS) is 26.6. The first-order chi connectivity index (χ1) is 8.28. The van der Waals surface area contributed by atoms with Crippen LogP contribution in [0.5, 0.6) is 0 Å². The van der Waals surface area contributed by atoms with Gasteiger partial charge in [0.15, 0.2) is 0 Å². The van der Waals surface area contributed by atoms with Crippen LogP contribution in [0, 0.1) is 0 Å². The minimum atomic E-state index is -5.08. The fraction of sp³-hybridized carbons (Fsp3) is 0.900. The molecule has 0 aromatic heterocycles. The molecule has 2 aliphatic rings. The van der Waals surface area contributed by atoms with E-state index in [9.17, 15) is 18.3 Å². The number of ether oxygens (including phenoxy) is 1. The van der Waals surface area contributed by atoms with E-state index in [4.69, 9.17) is 14.6 Å². The monoisotopic (exact) mass is 271 g/mol. The van der Waals surface area contributed by atoms with E-state index in [2.05, 4.69) is 5.32 Å². The summed E-state index contributed by atoms with van der Waals surface area (Å²) in [6.45, 7) is 2.70. The van der Waals surface area contributed by atoms with E-state index in [1.54, 1.807) is 0 Å². The quantitative estimate of drug-likeness (QED) is 0.599. The van der Waals surface area contributed by atoms with E-state index in [-0.39, 0.29) is 11.7 Å². The molecular formula is C10H16F3NO4. The second-order valence-corrected chi connectivity index (χ2v) is 4.27. The summed E-state index contributed by atoms with van der Waals surface area (Å²) in [7, 11) is 0. The Balaban J connectivity index is 0.000000203. The number of nitrogens with one attached hydrogen (secondary N) is 1. The summed E-state index contributed by atoms with van der Waals surface area (Å²) in [6.07, 6.45) is -2.55. The van der Waals surface area contributed by atoms with Crippen molar-refractivity contribution in [3.63, 3.8) is 0 Å². The summed E-state index contributed by atoms with van der Waals surface area (Å²) in [4.78, 5) is 8.90. The Morgan fingerprint density at radius 2 is 1.83 bits per heavy atom. The summed E-state index contributed by atoms with van der Waals surface area (Å²) >= 11 is 0. The van der Waals surface area contributed by atoms with Crippen LogP contribution in [0.15, 0.2) is 0 Å². The first kappa shape index (κ1) is 15.2. The molecule has 2 rings (SSSR count). The van der Waals surface area contributed by atoms with Crippen molar-refractivity contribution in [3.8, 4) is 0 Å². The third kappa shape index (κ3) is 3.82. The zero-order valence-electron chi connectivity index (χ0n) is 9.66. The summed E-state index contributed by atoms with van der Waals surface area (Å²) in [6, 6.07) is 0. The number of hydrogen-bond acceptors (Lipinski definition) is 4. The Labute approximate surface area is 102 Å². The SMILES string of the molecule is O=C(O)C(F)(F)F.OC1CCOC12CCNCC2. The summed E-state index contributed by atoms with van der Waals surface area (Å²) in [5.74, 6) is -2.76. The Morgan fingerprint density at radius 1 is 1.33 bits per heavy atom. The molecule has 2 saturated heterocycles. The smallest absolute Gasteiger partial charge is 0.475 e. The van der Waals surface area contributed by atoms with Gasteiger partial charge in [-0.05, 0) is 32.4 Å². The number of halogens is 3. The molecule has 1 spiro atoms. The molecule has 0 radical (unpaired) electrons. The lowest BCUT2D eigenvalue weighted by molar-refractivity contribution is -0.192. The Morgan fingerprint density at radius 3 is 2.17 bits per heavy atom. The first-order valence-electron chi connectivity index (χ1n) is 5.61. The van der Waals surface area contributed by atoms with Gasteiger partial charge in [0.1, 0.15) is 0 Å². The van der Waals surface area contributed by atoms with E-state index >= 15 is 0 Å². The van der Waals surface area contributed by atoms with E-state index < -0.39 is 12.1 Å². The average molecular weight is 271 g/mol. The van der Waals surface area contributed by atoms with Gasteiger partial charge < -0.3 is 20.3 Å². The molecule has 0 amide bonds. The molecule has 2 aliphatic heterocycles. The highest BCUT2D eigenvalue weighted by atomic mass is 19.4. The van der Waals surface area contributed by atoms with Crippen LogP contribution in [0.2, 0.25) is 0 Å². The largest absolute Gasteiger partial charge is 0.490 e. The number of alkyl halides is 3. The standard InChI is InChI=1S/C8H15NO2.C2HF3O2/c10-7-1-6-11-8(7)2-4-9-5-3-8;3-2(4,5)1(6)7/h7,9-10H,1-6H2;(H,6,7). The first-order valence-corrected chi connectivity index (χ1v) is 5.61. The van der Waals surface area contributed by atoms with Gasteiger partial charge in [0.25, 0.3) is 0 Å². The predicted molar refractivity (Wildman–Crippen MR) is 55.1 cm³/mol. The number of carbonyl (C=O) groups is 1. The van der Waals surface area contributed by atoms with Crippen molar-refractivity contribution >= 4 is 5.97 Å². The molecule has 0 bridgehead atoms. The molecule has 106 valence electrons. The van der Waals surface area contributed by atoms with Crippen LogP contribution in [0.4, 0.5) is 13.2 Å². The number of aliphatic hydroxyl groups is 1. The lowest BCUT2D eigenvalue weighted by Crippen LogP contribution is -2.48. The van der Waals surface area contributed by atoms with E-state index in [1.165, 1.54) is 0 Å². The minimum Gasteiger partial charge on any atom is -0.475 e. The van der Waals surface area contributed by atoms with Gasteiger partial charge in [-0.15, -0.1) is 0 Å². The molecule has 1 unspecified atom stereocenters. The summed E-state index contributed by atoms with van der Waals surface area (Å²) < 4.78 is 37.3. The van der Waals surface area contributed by atoms with Gasteiger partial charge in [-0.1, -0.05) is 0 Å². The molecule has 0 saturated carbocycles. The van der Waals surface area contributed by atoms with Gasteiger partial charge in [0.05, 0.1) is 18.3 Å². The van der Waals surface area contributed by atoms with Crippen molar-refractivity contribution in [3.05, 3.63) is 0 Å². The molecule has 2 fully saturated rings. The van der Waals surface area contributed by atoms with E-state index in [1.807, 2.05) is 0 Å². The third-order valence-electron chi connectivity index (χ3n) is 3.08. The Kier molecular flexibility index (Phi) is 4.94. The molecule has 5 nitrogen and oxygen atoms in total. The molecule has 18 heavy (non-hydrogen) atoms. The van der Waals surface area contributed by atoms with Gasteiger partial charge in [-0.2, -0.15) is 13.2 Å². The van der Waals surface area contributed by atoms with E-state index in [0.29, 0.717) is 0 Å². The second-order valence-electron chi connectivity index (χ2n) is 4.27. The second kappa shape index (κ2) is 5.85. The summed E-state index contributed by atoms with van der Waals surface area (Å²) in [5, 5.41) is 20.0. The van der Waals surface area contributed by atoms with Crippen LogP contribution in [-0.4, -0.2) is 53.8 Å². The van der Waals surface area contributed by atoms with Crippen molar-refractivity contribution in [2.75, 3.05) is 19.7 Å². The van der Waals surface area contributed by atoms with Crippen LogP contribution in [0.3, 0.4) is 0 Å². The van der Waals surface area contributed by atoms with Crippen molar-refractivity contribution in [2.24, 2.45) is 0 Å². The van der Waals surface area contributed by atoms with Crippen molar-refractivity contribution in [2.45, 2.75) is 37.1 Å². The lowest BCUT2D eigenvalue weighted by atomic mass is 9.87. The van der Waals surface area contributed by atoms with Crippen LogP contribution in [0.1, 0.15) is 19.3 Å². The summed E-state index contributed by atoms with van der Waals surface area (Å²) in [5.41, 5.74) is -0.175. The molecule has 2 heterocycles. The molecule has 8 heteroatoms. The third-order valence-corrected chi connectivity index (χ3v) is 3.08. The maximum Gasteiger partial charge on any atom is 0.490 e. The molecule has 0 aliphatic carbocycles. The minimum absolute atomic E-state index is 0.175. The van der Waals surface area contributed by atoms with Gasteiger partial charge in [-0.25, -0.2) is 4.79 Å². The Hall–Kier alpha value is -0.860. The number of carboxylic acid groups (broad SMARTS) is 1. The molecule has 0 aromatic carbocycles. The number of aliphatic hydroxyl groups excluding tert-OH is 1. The molecule has 0 aromatic rings. The highest BCUT2D eigenvalue weighted by molar-refractivity contribution is 5.73. The van der Waals surface area contributed by atoms with Crippen molar-refractivity contribution in [1.82, 2.24) is 5.32 Å². The molecule has 1 atom stereocenters. The highest BCUT2D eigenvalue weighted by Crippen LogP contribution is 2.33. The average Bonchev–Trinajstić information content (AvgIpc) is 2.61. The van der Waals surface area contributed by atoms with Crippen LogP contribution in [0.25, 0.3) is 0 Å². The van der Waals surface area contributed by atoms with Gasteiger partial charge in [-0.3, -0.25) is 0 Å². The fourth-order valence-corrected chi connectivity index (χ4v) is 2.06. The topological polar surface area (TPSA) is 78.8 Å². The van der Waals surface area contributed by atoms with Crippen molar-refractivity contribution < 1.29 is 32.9 Å². The predicted octanol–water partition coefficient (Wildman–Crippen LogP) is 0.523. The lowest BCUT2D eigenvalue weighted by Gasteiger charge is -2.35.